The minimum absolute atomic E-state index is 0.687. The van der Waals surface area contributed by atoms with Gasteiger partial charge in [0.05, 0.1) is 5.75 Å². The van der Waals surface area contributed by atoms with Crippen LogP contribution in [0.5, 0.6) is 0 Å². The molecule has 0 atom stereocenters. The summed E-state index contributed by atoms with van der Waals surface area (Å²) in [5, 5.41) is 8.09. The maximum atomic E-state index is 4.45. The molecule has 0 aliphatic carbocycles. The zero-order valence-electron chi connectivity index (χ0n) is 10.7. The first-order valence-corrected chi connectivity index (χ1v) is 6.73. The summed E-state index contributed by atoms with van der Waals surface area (Å²) in [5.41, 5.74) is 0.967. The van der Waals surface area contributed by atoms with Crippen molar-refractivity contribution in [2.45, 2.75) is 24.8 Å². The third kappa shape index (κ3) is 3.19. The molecule has 0 amide bonds. The van der Waals surface area contributed by atoms with Crippen LogP contribution < -0.4 is 5.32 Å². The average molecular weight is 264 g/mol. The number of nitrogens with zero attached hydrogens (tertiary/aromatic N) is 5. The van der Waals surface area contributed by atoms with E-state index in [2.05, 4.69) is 25.4 Å². The number of rotatable bonds is 5. The van der Waals surface area contributed by atoms with Gasteiger partial charge in [-0.15, -0.1) is 0 Å². The van der Waals surface area contributed by atoms with Crippen molar-refractivity contribution < 1.29 is 0 Å². The molecule has 7 heteroatoms. The van der Waals surface area contributed by atoms with Gasteiger partial charge >= 0.3 is 0 Å². The Morgan fingerprint density at radius 3 is 2.89 bits per heavy atom. The number of aryl methyl sites for hydroxylation is 2. The minimum atomic E-state index is 0.687. The number of anilines is 1. The number of thioether (sulfide) groups is 1. The summed E-state index contributed by atoms with van der Waals surface area (Å²) >= 11 is 1.58. The van der Waals surface area contributed by atoms with Crippen molar-refractivity contribution >= 4 is 17.6 Å². The zero-order chi connectivity index (χ0) is 13.0. The van der Waals surface area contributed by atoms with Gasteiger partial charge in [0, 0.05) is 25.4 Å². The van der Waals surface area contributed by atoms with Gasteiger partial charge < -0.3 is 5.32 Å². The summed E-state index contributed by atoms with van der Waals surface area (Å²) in [7, 11) is 1.87. The van der Waals surface area contributed by atoms with E-state index in [1.54, 1.807) is 22.8 Å². The minimum Gasteiger partial charge on any atom is -0.370 e. The Labute approximate surface area is 110 Å². The first-order chi connectivity index (χ1) is 8.69. The molecular weight excluding hydrogens is 248 g/mol. The molecule has 0 bridgehead atoms. The topological polar surface area (TPSA) is 68.5 Å². The summed E-state index contributed by atoms with van der Waals surface area (Å²) in [5.74, 6) is 2.37. The summed E-state index contributed by atoms with van der Waals surface area (Å²) in [6, 6.07) is 1.94. The third-order valence-electron chi connectivity index (χ3n) is 2.26. The highest BCUT2D eigenvalue weighted by Gasteiger charge is 2.06. The Bertz CT molecular complexity index is 524. The van der Waals surface area contributed by atoms with Gasteiger partial charge in [0.1, 0.15) is 18.0 Å². The van der Waals surface area contributed by atoms with Crippen molar-refractivity contribution in [3.05, 3.63) is 23.9 Å². The van der Waals surface area contributed by atoms with Crippen LogP contribution in [-0.2, 0) is 12.8 Å². The van der Waals surface area contributed by atoms with E-state index >= 15 is 0 Å². The van der Waals surface area contributed by atoms with Gasteiger partial charge in [-0.3, -0.25) is 0 Å². The van der Waals surface area contributed by atoms with Gasteiger partial charge in [0.25, 0.3) is 0 Å². The summed E-state index contributed by atoms with van der Waals surface area (Å²) in [4.78, 5) is 13.0. The van der Waals surface area contributed by atoms with Crippen LogP contribution in [0.25, 0.3) is 0 Å². The molecule has 0 fully saturated rings. The van der Waals surface area contributed by atoms with E-state index in [9.17, 15) is 0 Å². The fraction of sp³-hybridized carbons (Fsp3) is 0.455. The van der Waals surface area contributed by atoms with E-state index < -0.39 is 0 Å². The molecule has 1 N–H and O–H groups in total. The van der Waals surface area contributed by atoms with Crippen molar-refractivity contribution in [1.29, 1.82) is 0 Å². The predicted molar refractivity (Wildman–Crippen MR) is 71.5 cm³/mol. The van der Waals surface area contributed by atoms with Crippen molar-refractivity contribution in [1.82, 2.24) is 24.7 Å². The van der Waals surface area contributed by atoms with E-state index in [0.717, 1.165) is 29.0 Å². The molecule has 6 nitrogen and oxygen atoms in total. The van der Waals surface area contributed by atoms with E-state index in [1.807, 2.05) is 27.0 Å². The van der Waals surface area contributed by atoms with E-state index in [0.29, 0.717) is 5.75 Å². The Kier molecular flexibility index (Phi) is 4.14. The number of nitrogens with one attached hydrogen (secondary N) is 1. The molecule has 0 aliphatic heterocycles. The Morgan fingerprint density at radius 1 is 1.39 bits per heavy atom. The Hall–Kier alpha value is -1.63. The van der Waals surface area contributed by atoms with Gasteiger partial charge in [-0.25, -0.2) is 19.6 Å². The summed E-state index contributed by atoms with van der Waals surface area (Å²) < 4.78 is 1.74. The van der Waals surface area contributed by atoms with Crippen molar-refractivity contribution in [2.24, 2.45) is 7.05 Å². The fourth-order valence-electron chi connectivity index (χ4n) is 1.51. The lowest BCUT2D eigenvalue weighted by molar-refractivity contribution is 0.685. The first-order valence-electron chi connectivity index (χ1n) is 5.74. The van der Waals surface area contributed by atoms with Crippen LogP contribution in [-0.4, -0.2) is 31.3 Å². The van der Waals surface area contributed by atoms with Crippen LogP contribution in [0.3, 0.4) is 0 Å². The summed E-state index contributed by atoms with van der Waals surface area (Å²) in [6.45, 7) is 4.87. The molecule has 18 heavy (non-hydrogen) atoms. The Morgan fingerprint density at radius 2 is 2.22 bits per heavy atom. The standard InChI is InChI=1S/C11H16N6S/c1-4-12-9-5-8(2)15-10(16-9)6-18-11-13-7-14-17(11)3/h5,7H,4,6H2,1-3H3,(H,12,15,16). The highest BCUT2D eigenvalue weighted by molar-refractivity contribution is 7.98. The SMILES string of the molecule is CCNc1cc(C)nc(CSc2ncnn2C)n1. The van der Waals surface area contributed by atoms with Crippen molar-refractivity contribution in [3.8, 4) is 0 Å². The molecule has 0 unspecified atom stereocenters. The fourth-order valence-corrected chi connectivity index (χ4v) is 2.25. The van der Waals surface area contributed by atoms with Crippen LogP contribution in [0.15, 0.2) is 17.6 Å². The number of aromatic nitrogens is 5. The number of hydrogen-bond donors (Lipinski definition) is 1. The van der Waals surface area contributed by atoms with Crippen LogP contribution >= 0.6 is 11.8 Å². The maximum absolute atomic E-state index is 4.45. The van der Waals surface area contributed by atoms with E-state index in [1.165, 1.54) is 0 Å². The molecule has 0 aliphatic rings. The molecule has 2 aromatic rings. The average Bonchev–Trinajstić information content (AvgIpc) is 2.72. The molecule has 0 saturated heterocycles. The zero-order valence-corrected chi connectivity index (χ0v) is 11.5. The lowest BCUT2D eigenvalue weighted by atomic mass is 10.4. The van der Waals surface area contributed by atoms with Gasteiger partial charge in [-0.2, -0.15) is 5.10 Å². The lowest BCUT2D eigenvalue weighted by Crippen LogP contribution is -2.04. The quantitative estimate of drug-likeness (QED) is 0.828. The molecule has 0 aromatic carbocycles. The highest BCUT2D eigenvalue weighted by atomic mass is 32.2. The third-order valence-corrected chi connectivity index (χ3v) is 3.29. The van der Waals surface area contributed by atoms with Gasteiger partial charge in [-0.1, -0.05) is 11.8 Å². The smallest absolute Gasteiger partial charge is 0.186 e. The largest absolute Gasteiger partial charge is 0.370 e. The van der Waals surface area contributed by atoms with Crippen LogP contribution in [0.1, 0.15) is 18.4 Å². The highest BCUT2D eigenvalue weighted by Crippen LogP contribution is 2.18. The normalized spacial score (nSPS) is 10.6. The molecule has 0 radical (unpaired) electrons. The van der Waals surface area contributed by atoms with Gasteiger partial charge in [0.15, 0.2) is 5.16 Å². The van der Waals surface area contributed by atoms with Crippen LogP contribution in [0.4, 0.5) is 5.82 Å². The monoisotopic (exact) mass is 264 g/mol. The van der Waals surface area contributed by atoms with Gasteiger partial charge in [0.2, 0.25) is 0 Å². The molecule has 2 rings (SSSR count). The molecule has 2 aromatic heterocycles. The molecule has 0 spiro atoms. The second-order valence-electron chi connectivity index (χ2n) is 3.80. The van der Waals surface area contributed by atoms with Crippen LogP contribution in [0, 0.1) is 6.92 Å². The molecule has 2 heterocycles. The molecular formula is C11H16N6S. The maximum Gasteiger partial charge on any atom is 0.186 e. The van der Waals surface area contributed by atoms with Crippen LogP contribution in [0.2, 0.25) is 0 Å². The Balaban J connectivity index is 2.07. The predicted octanol–water partition coefficient (Wildman–Crippen LogP) is 1.64. The van der Waals surface area contributed by atoms with Crippen molar-refractivity contribution in [2.75, 3.05) is 11.9 Å². The second kappa shape index (κ2) is 5.81. The molecule has 96 valence electrons. The van der Waals surface area contributed by atoms with Crippen molar-refractivity contribution in [3.63, 3.8) is 0 Å². The number of hydrogen-bond acceptors (Lipinski definition) is 6. The second-order valence-corrected chi connectivity index (χ2v) is 4.74. The van der Waals surface area contributed by atoms with E-state index in [-0.39, 0.29) is 0 Å². The summed E-state index contributed by atoms with van der Waals surface area (Å²) in [6.07, 6.45) is 1.55. The molecule has 0 saturated carbocycles. The van der Waals surface area contributed by atoms with Gasteiger partial charge in [-0.05, 0) is 13.8 Å². The first kappa shape index (κ1) is 12.8. The lowest BCUT2D eigenvalue weighted by Gasteiger charge is -2.06. The van der Waals surface area contributed by atoms with E-state index in [4.69, 9.17) is 0 Å².